The standard InChI is InChI=1S/C2H3N3O2S/c6-2-3-1-4-8(7)5-2/h1H,(H2,3,4,5,6). The molecule has 0 aromatic carbocycles. The molecule has 5 nitrogen and oxygen atoms in total. The summed E-state index contributed by atoms with van der Waals surface area (Å²) in [5.41, 5.74) is 0. The molecule has 0 spiro atoms. The summed E-state index contributed by atoms with van der Waals surface area (Å²) in [6, 6.07) is -0.488. The second kappa shape index (κ2) is 2.01. The number of rotatable bonds is 0. The Kier molecular flexibility index (Phi) is 1.36. The topological polar surface area (TPSA) is 76.5 Å². The van der Waals surface area contributed by atoms with Gasteiger partial charge < -0.3 is 4.55 Å². The Morgan fingerprint density at radius 2 is 2.62 bits per heavy atom. The van der Waals surface area contributed by atoms with Crippen molar-refractivity contribution in [1.82, 2.24) is 10.0 Å². The Bertz CT molecular complexity index is 135. The van der Waals surface area contributed by atoms with Gasteiger partial charge in [-0.05, 0) is 4.40 Å². The molecule has 0 saturated carbocycles. The molecule has 1 rings (SSSR count). The molecule has 2 N–H and O–H groups in total. The summed E-state index contributed by atoms with van der Waals surface area (Å²) in [7, 11) is 0. The van der Waals surface area contributed by atoms with E-state index in [1.165, 1.54) is 0 Å². The van der Waals surface area contributed by atoms with Gasteiger partial charge in [-0.25, -0.2) is 4.79 Å². The lowest BCUT2D eigenvalue weighted by Gasteiger charge is -2.06. The number of hydrogen-bond acceptors (Lipinski definition) is 3. The minimum atomic E-state index is -1.56. The fraction of sp³-hybridized carbons (Fsp3) is 0. The minimum absolute atomic E-state index is 0.488. The molecule has 44 valence electrons. The predicted octanol–water partition coefficient (Wildman–Crippen LogP) is -1.09. The van der Waals surface area contributed by atoms with Gasteiger partial charge in [0.1, 0.15) is 0 Å². The normalized spacial score (nSPS) is 26.6. The van der Waals surface area contributed by atoms with E-state index in [1.54, 1.807) is 0 Å². The Morgan fingerprint density at radius 3 is 3.00 bits per heavy atom. The molecule has 1 aliphatic heterocycles. The quantitative estimate of drug-likeness (QED) is 0.412. The van der Waals surface area contributed by atoms with Crippen LogP contribution in [0, 0.1) is 0 Å². The smallest absolute Gasteiger partial charge is 0.363 e. The summed E-state index contributed by atoms with van der Waals surface area (Å²) < 4.78 is 15.5. The summed E-state index contributed by atoms with van der Waals surface area (Å²) >= 11 is -1.56. The third-order valence-corrected chi connectivity index (χ3v) is 1.18. The maximum absolute atomic E-state index is 10.2. The molecule has 1 aliphatic rings. The molecule has 2 amide bonds. The summed E-state index contributed by atoms with van der Waals surface area (Å²) in [6.45, 7) is 0. The van der Waals surface area contributed by atoms with Crippen molar-refractivity contribution in [2.24, 2.45) is 4.40 Å². The molecular weight excluding hydrogens is 130 g/mol. The van der Waals surface area contributed by atoms with Crippen LogP contribution >= 0.6 is 0 Å². The van der Waals surface area contributed by atoms with E-state index in [2.05, 4.69) is 9.71 Å². The Balaban J connectivity index is 2.54. The number of amides is 2. The van der Waals surface area contributed by atoms with E-state index in [-0.39, 0.29) is 0 Å². The van der Waals surface area contributed by atoms with E-state index in [9.17, 15) is 9.35 Å². The molecule has 0 bridgehead atoms. The van der Waals surface area contributed by atoms with Crippen LogP contribution in [-0.2, 0) is 11.5 Å². The van der Waals surface area contributed by atoms with Gasteiger partial charge in [0.2, 0.25) is 11.5 Å². The fourth-order valence-corrected chi connectivity index (χ4v) is 0.687. The van der Waals surface area contributed by atoms with Crippen molar-refractivity contribution in [3.05, 3.63) is 0 Å². The van der Waals surface area contributed by atoms with Crippen LogP contribution in [0.1, 0.15) is 0 Å². The van der Waals surface area contributed by atoms with Crippen LogP contribution in [0.15, 0.2) is 4.40 Å². The zero-order valence-corrected chi connectivity index (χ0v) is 4.57. The molecule has 0 fully saturated rings. The zero-order chi connectivity index (χ0) is 5.98. The first kappa shape index (κ1) is 5.39. The van der Waals surface area contributed by atoms with Gasteiger partial charge in [-0.15, -0.1) is 4.72 Å². The largest absolute Gasteiger partial charge is 0.566 e. The second-order valence-corrected chi connectivity index (χ2v) is 1.97. The van der Waals surface area contributed by atoms with Gasteiger partial charge in [0.25, 0.3) is 0 Å². The molecule has 0 aromatic rings. The van der Waals surface area contributed by atoms with Crippen molar-refractivity contribution >= 4 is 23.9 Å². The number of nitrogens with one attached hydrogen (secondary N) is 2. The van der Waals surface area contributed by atoms with Crippen LogP contribution in [0.4, 0.5) is 4.79 Å². The van der Waals surface area contributed by atoms with Crippen LogP contribution in [0.3, 0.4) is 0 Å². The van der Waals surface area contributed by atoms with Gasteiger partial charge in [0.05, 0.1) is 0 Å². The summed E-state index contributed by atoms with van der Waals surface area (Å²) in [5.74, 6) is 0. The highest BCUT2D eigenvalue weighted by Gasteiger charge is 2.13. The molecule has 0 aromatic heterocycles. The fourth-order valence-electron chi connectivity index (χ4n) is 0.268. The first-order valence-corrected chi connectivity index (χ1v) is 2.91. The van der Waals surface area contributed by atoms with Crippen molar-refractivity contribution in [1.29, 1.82) is 0 Å². The average Bonchev–Trinajstić information content (AvgIpc) is 1.64. The average molecular weight is 133 g/mol. The van der Waals surface area contributed by atoms with Crippen molar-refractivity contribution in [3.8, 4) is 0 Å². The number of hydrogen-bond donors (Lipinski definition) is 2. The summed E-state index contributed by atoms with van der Waals surface area (Å²) in [6.07, 6.45) is 1.09. The van der Waals surface area contributed by atoms with Crippen molar-refractivity contribution < 1.29 is 9.35 Å². The van der Waals surface area contributed by atoms with Crippen LogP contribution in [0.2, 0.25) is 0 Å². The van der Waals surface area contributed by atoms with Gasteiger partial charge in [-0.1, -0.05) is 0 Å². The Morgan fingerprint density at radius 1 is 1.88 bits per heavy atom. The summed E-state index contributed by atoms with van der Waals surface area (Å²) in [5, 5.41) is 2.18. The third-order valence-electron chi connectivity index (χ3n) is 0.524. The number of carbonyl (C=O) groups excluding carboxylic acids is 1. The lowest BCUT2D eigenvalue weighted by molar-refractivity contribution is 0.250. The van der Waals surface area contributed by atoms with E-state index in [0.29, 0.717) is 0 Å². The highest BCUT2D eigenvalue weighted by atomic mass is 32.2. The Labute approximate surface area is 48.6 Å². The van der Waals surface area contributed by atoms with Gasteiger partial charge in [-0.3, -0.25) is 5.32 Å². The highest BCUT2D eigenvalue weighted by molar-refractivity contribution is 7.88. The maximum atomic E-state index is 10.2. The molecule has 0 aliphatic carbocycles. The van der Waals surface area contributed by atoms with Crippen LogP contribution < -0.4 is 10.0 Å². The van der Waals surface area contributed by atoms with Crippen molar-refractivity contribution in [2.45, 2.75) is 0 Å². The second-order valence-electron chi connectivity index (χ2n) is 1.06. The van der Waals surface area contributed by atoms with Crippen LogP contribution in [0.25, 0.3) is 0 Å². The molecule has 1 unspecified atom stereocenters. The van der Waals surface area contributed by atoms with Gasteiger partial charge in [0, 0.05) is 0 Å². The van der Waals surface area contributed by atoms with E-state index in [0.717, 1.165) is 6.34 Å². The van der Waals surface area contributed by atoms with Crippen LogP contribution in [-0.4, -0.2) is 16.9 Å². The lowest BCUT2D eigenvalue weighted by Crippen LogP contribution is -2.42. The molecule has 8 heavy (non-hydrogen) atoms. The molecule has 1 heterocycles. The summed E-state index contributed by atoms with van der Waals surface area (Å²) in [4.78, 5) is 10.2. The number of urea groups is 1. The molecule has 0 radical (unpaired) electrons. The molecule has 1 atom stereocenters. The molecule has 0 saturated heterocycles. The first-order valence-electron chi connectivity index (χ1n) is 1.80. The molecular formula is C2H3N3O2S. The Hall–Kier alpha value is -0.750. The first-order chi connectivity index (χ1) is 3.79. The number of carbonyl (C=O) groups is 1. The van der Waals surface area contributed by atoms with Crippen molar-refractivity contribution in [3.63, 3.8) is 0 Å². The van der Waals surface area contributed by atoms with E-state index >= 15 is 0 Å². The lowest BCUT2D eigenvalue weighted by atomic mass is 11.0. The van der Waals surface area contributed by atoms with E-state index in [4.69, 9.17) is 0 Å². The van der Waals surface area contributed by atoms with Gasteiger partial charge in [0.15, 0.2) is 6.34 Å². The van der Waals surface area contributed by atoms with Gasteiger partial charge in [-0.2, -0.15) is 0 Å². The van der Waals surface area contributed by atoms with E-state index in [1.807, 2.05) is 4.72 Å². The number of nitrogens with zero attached hydrogens (tertiary/aromatic N) is 1. The van der Waals surface area contributed by atoms with Crippen molar-refractivity contribution in [2.75, 3.05) is 0 Å². The highest BCUT2D eigenvalue weighted by Crippen LogP contribution is 1.86. The molecule has 6 heteroatoms. The monoisotopic (exact) mass is 133 g/mol. The van der Waals surface area contributed by atoms with Gasteiger partial charge >= 0.3 is 6.03 Å². The maximum Gasteiger partial charge on any atom is 0.363 e. The minimum Gasteiger partial charge on any atom is -0.566 e. The van der Waals surface area contributed by atoms with E-state index < -0.39 is 17.6 Å². The third kappa shape index (κ3) is 1.11. The zero-order valence-electron chi connectivity index (χ0n) is 3.75. The predicted molar refractivity (Wildman–Crippen MR) is 28.3 cm³/mol. The van der Waals surface area contributed by atoms with Crippen LogP contribution in [0.5, 0.6) is 0 Å². The SMILES string of the molecule is O=C1NC=N[S+]([O-])N1.